The summed E-state index contributed by atoms with van der Waals surface area (Å²) in [6.45, 7) is 1.77. The van der Waals surface area contributed by atoms with Crippen LogP contribution in [0.1, 0.15) is 18.2 Å². The molecule has 84 valence electrons. The highest BCUT2D eigenvalue weighted by molar-refractivity contribution is 9.11. The largest absolute Gasteiger partial charge is 0.337 e. The van der Waals surface area contributed by atoms with E-state index >= 15 is 0 Å². The highest BCUT2D eigenvalue weighted by Gasteiger charge is 2.15. The third-order valence-electron chi connectivity index (χ3n) is 1.80. The Bertz CT molecular complexity index is 515. The van der Waals surface area contributed by atoms with Crippen LogP contribution in [-0.4, -0.2) is 15.1 Å². The van der Waals surface area contributed by atoms with Crippen molar-refractivity contribution < 1.29 is 4.52 Å². The highest BCUT2D eigenvalue weighted by Crippen LogP contribution is 2.28. The maximum Gasteiger partial charge on any atom is 0.244 e. The fraction of sp³-hybridized carbons (Fsp3) is 0.222. The van der Waals surface area contributed by atoms with Gasteiger partial charge >= 0.3 is 0 Å². The Morgan fingerprint density at radius 3 is 2.75 bits per heavy atom. The first-order chi connectivity index (χ1) is 7.58. The van der Waals surface area contributed by atoms with Crippen molar-refractivity contribution >= 4 is 43.5 Å². The second-order valence-corrected chi connectivity index (χ2v) is 5.48. The lowest BCUT2D eigenvalue weighted by Crippen LogP contribution is -1.89. The van der Waals surface area contributed by atoms with Crippen LogP contribution in [0.4, 0.5) is 0 Å². The van der Waals surface area contributed by atoms with Gasteiger partial charge in [-0.3, -0.25) is 4.98 Å². The minimum absolute atomic E-state index is 0.310. The van der Waals surface area contributed by atoms with Crippen molar-refractivity contribution in [3.63, 3.8) is 0 Å². The van der Waals surface area contributed by atoms with E-state index in [-0.39, 0.29) is 5.38 Å². The first kappa shape index (κ1) is 12.0. The predicted octanol–water partition coefficient (Wildman–Crippen LogP) is 3.96. The molecule has 0 aliphatic heterocycles. The number of rotatable bonds is 2. The molecule has 0 spiro atoms. The van der Waals surface area contributed by atoms with Crippen LogP contribution in [0.15, 0.2) is 25.7 Å². The molecule has 0 bridgehead atoms. The van der Waals surface area contributed by atoms with Crippen molar-refractivity contribution in [2.75, 3.05) is 0 Å². The molecule has 0 N–H and O–H groups in total. The molecule has 2 aromatic rings. The average Bonchev–Trinajstić information content (AvgIpc) is 2.66. The van der Waals surface area contributed by atoms with Crippen molar-refractivity contribution in [1.82, 2.24) is 15.1 Å². The summed E-state index contributed by atoms with van der Waals surface area (Å²) in [7, 11) is 0. The van der Waals surface area contributed by atoms with Crippen LogP contribution in [-0.2, 0) is 0 Å². The summed E-state index contributed by atoms with van der Waals surface area (Å²) < 4.78 is 6.66. The van der Waals surface area contributed by atoms with Crippen molar-refractivity contribution in [2.24, 2.45) is 0 Å². The van der Waals surface area contributed by atoms with Crippen LogP contribution in [0.5, 0.6) is 0 Å². The van der Waals surface area contributed by atoms with Gasteiger partial charge < -0.3 is 4.52 Å². The topological polar surface area (TPSA) is 51.8 Å². The van der Waals surface area contributed by atoms with Gasteiger partial charge in [0.05, 0.1) is 0 Å². The Labute approximate surface area is 114 Å². The molecule has 2 aromatic heterocycles. The molecule has 1 unspecified atom stereocenters. The quantitative estimate of drug-likeness (QED) is 0.754. The van der Waals surface area contributed by atoms with Gasteiger partial charge in [0.15, 0.2) is 0 Å². The van der Waals surface area contributed by atoms with Gasteiger partial charge in [-0.2, -0.15) is 4.98 Å². The standard InChI is InChI=1S/C9H6Br2ClN3O/c1-4(12)9-14-8(15-16-9)7-6(11)2-5(10)3-13-7/h2-4H,1H3. The molecule has 0 fully saturated rings. The van der Waals surface area contributed by atoms with Gasteiger partial charge in [0, 0.05) is 15.1 Å². The lowest BCUT2D eigenvalue weighted by molar-refractivity contribution is 0.379. The van der Waals surface area contributed by atoms with Crippen molar-refractivity contribution in [1.29, 1.82) is 0 Å². The number of nitrogens with zero attached hydrogens (tertiary/aromatic N) is 3. The summed E-state index contributed by atoms with van der Waals surface area (Å²) in [5.41, 5.74) is 0.621. The normalized spacial score (nSPS) is 12.8. The third kappa shape index (κ3) is 2.44. The predicted molar refractivity (Wildman–Crippen MR) is 67.2 cm³/mol. The van der Waals surface area contributed by atoms with Gasteiger partial charge in [0.25, 0.3) is 0 Å². The molecule has 16 heavy (non-hydrogen) atoms. The van der Waals surface area contributed by atoms with E-state index in [4.69, 9.17) is 16.1 Å². The summed E-state index contributed by atoms with van der Waals surface area (Å²) in [4.78, 5) is 8.35. The maximum atomic E-state index is 5.83. The smallest absolute Gasteiger partial charge is 0.244 e. The Morgan fingerprint density at radius 2 is 2.19 bits per heavy atom. The van der Waals surface area contributed by atoms with Gasteiger partial charge in [-0.15, -0.1) is 11.6 Å². The van der Waals surface area contributed by atoms with E-state index in [1.54, 1.807) is 13.1 Å². The molecule has 0 saturated heterocycles. The minimum atomic E-state index is -0.310. The van der Waals surface area contributed by atoms with Crippen LogP contribution in [0.25, 0.3) is 11.5 Å². The monoisotopic (exact) mass is 365 g/mol. The molecule has 7 heteroatoms. The first-order valence-electron chi connectivity index (χ1n) is 4.37. The Morgan fingerprint density at radius 1 is 1.44 bits per heavy atom. The second kappa shape index (κ2) is 4.81. The fourth-order valence-corrected chi connectivity index (χ4v) is 2.33. The summed E-state index contributed by atoms with van der Waals surface area (Å²) in [6, 6.07) is 1.86. The summed E-state index contributed by atoms with van der Waals surface area (Å²) in [5, 5.41) is 3.51. The zero-order chi connectivity index (χ0) is 11.7. The van der Waals surface area contributed by atoms with Crippen LogP contribution in [0, 0.1) is 0 Å². The Kier molecular flexibility index (Phi) is 3.61. The SMILES string of the molecule is CC(Cl)c1nc(-c2ncc(Br)cc2Br)no1. The van der Waals surface area contributed by atoms with E-state index in [9.17, 15) is 0 Å². The van der Waals surface area contributed by atoms with Gasteiger partial charge in [-0.25, -0.2) is 0 Å². The summed E-state index contributed by atoms with van der Waals surface area (Å²) in [5.74, 6) is 0.801. The van der Waals surface area contributed by atoms with E-state index in [0.717, 1.165) is 8.95 Å². The Balaban J connectivity index is 2.42. The van der Waals surface area contributed by atoms with Crippen LogP contribution in [0.2, 0.25) is 0 Å². The lowest BCUT2D eigenvalue weighted by atomic mass is 10.3. The number of pyridine rings is 1. The van der Waals surface area contributed by atoms with Crippen LogP contribution in [0.3, 0.4) is 0 Å². The van der Waals surface area contributed by atoms with Crippen LogP contribution < -0.4 is 0 Å². The molecule has 0 radical (unpaired) electrons. The number of aromatic nitrogens is 3. The Hall–Kier alpha value is -0.460. The molecule has 0 aromatic carbocycles. The summed E-state index contributed by atoms with van der Waals surface area (Å²) >= 11 is 12.5. The number of hydrogen-bond donors (Lipinski definition) is 0. The molecule has 0 amide bonds. The van der Waals surface area contributed by atoms with E-state index in [2.05, 4.69) is 47.0 Å². The van der Waals surface area contributed by atoms with Crippen molar-refractivity contribution in [2.45, 2.75) is 12.3 Å². The van der Waals surface area contributed by atoms with E-state index in [0.29, 0.717) is 17.4 Å². The molecule has 0 aliphatic rings. The van der Waals surface area contributed by atoms with Crippen LogP contribution >= 0.6 is 43.5 Å². The summed E-state index contributed by atoms with van der Waals surface area (Å²) in [6.07, 6.45) is 1.67. The molecule has 4 nitrogen and oxygen atoms in total. The molecule has 2 rings (SSSR count). The lowest BCUT2D eigenvalue weighted by Gasteiger charge is -1.97. The highest BCUT2D eigenvalue weighted by atomic mass is 79.9. The number of alkyl halides is 1. The zero-order valence-corrected chi connectivity index (χ0v) is 12.0. The molecule has 0 saturated carbocycles. The van der Waals surface area contributed by atoms with Gasteiger partial charge in [-0.1, -0.05) is 5.16 Å². The third-order valence-corrected chi connectivity index (χ3v) is 3.03. The zero-order valence-electron chi connectivity index (χ0n) is 8.12. The molecular formula is C9H6Br2ClN3O. The fourth-order valence-electron chi connectivity index (χ4n) is 1.07. The number of hydrogen-bond acceptors (Lipinski definition) is 4. The average molecular weight is 367 g/mol. The van der Waals surface area contributed by atoms with Gasteiger partial charge in [-0.05, 0) is 44.8 Å². The maximum absolute atomic E-state index is 5.83. The van der Waals surface area contributed by atoms with Gasteiger partial charge in [0.2, 0.25) is 11.7 Å². The van der Waals surface area contributed by atoms with E-state index in [1.807, 2.05) is 6.07 Å². The molecule has 1 atom stereocenters. The van der Waals surface area contributed by atoms with E-state index < -0.39 is 0 Å². The van der Waals surface area contributed by atoms with Crippen molar-refractivity contribution in [3.8, 4) is 11.5 Å². The van der Waals surface area contributed by atoms with Gasteiger partial charge in [0.1, 0.15) is 11.1 Å². The molecule has 2 heterocycles. The second-order valence-electron chi connectivity index (χ2n) is 3.06. The molecular weight excluding hydrogens is 361 g/mol. The minimum Gasteiger partial charge on any atom is -0.337 e. The van der Waals surface area contributed by atoms with Crippen molar-refractivity contribution in [3.05, 3.63) is 27.1 Å². The first-order valence-corrected chi connectivity index (χ1v) is 6.39. The number of halogens is 3. The van der Waals surface area contributed by atoms with E-state index in [1.165, 1.54) is 0 Å². The molecule has 0 aliphatic carbocycles.